The summed E-state index contributed by atoms with van der Waals surface area (Å²) in [5.41, 5.74) is 2.72. The van der Waals surface area contributed by atoms with Gasteiger partial charge in [-0.15, -0.1) is 0 Å². The summed E-state index contributed by atoms with van der Waals surface area (Å²) >= 11 is 0. The smallest absolute Gasteiger partial charge is 0.251 e. The molecule has 0 saturated carbocycles. The molecule has 2 aromatic carbocycles. The second-order valence-electron chi connectivity index (χ2n) is 6.99. The summed E-state index contributed by atoms with van der Waals surface area (Å²) in [6.45, 7) is 3.72. The first-order valence-electron chi connectivity index (χ1n) is 9.80. The Morgan fingerprint density at radius 1 is 1.14 bits per heavy atom. The average Bonchev–Trinajstić information content (AvgIpc) is 2.77. The molecular formula is C23H27N3O3. The zero-order valence-electron chi connectivity index (χ0n) is 16.6. The van der Waals surface area contributed by atoms with Gasteiger partial charge in [0.15, 0.2) is 0 Å². The van der Waals surface area contributed by atoms with E-state index in [9.17, 15) is 9.59 Å². The quantitative estimate of drug-likeness (QED) is 0.707. The number of ether oxygens (including phenoxy) is 1. The van der Waals surface area contributed by atoms with Crippen molar-refractivity contribution < 1.29 is 14.3 Å². The minimum atomic E-state index is -0.163. The standard InChI is InChI=1S/C23H27N3O3/c1-24-23(28)20-10-7-18(8-11-20)9-12-22(27)25-15-21-17-26(13-14-29-21)16-19-5-3-2-4-6-19/h2-12,21H,13-17H2,1H3,(H,24,28)(H,25,27)/b12-9+. The van der Waals surface area contributed by atoms with Gasteiger partial charge < -0.3 is 15.4 Å². The lowest BCUT2D eigenvalue weighted by Gasteiger charge is -2.33. The summed E-state index contributed by atoms with van der Waals surface area (Å²) in [5, 5.41) is 5.48. The second-order valence-corrected chi connectivity index (χ2v) is 6.99. The van der Waals surface area contributed by atoms with Gasteiger partial charge in [-0.3, -0.25) is 14.5 Å². The van der Waals surface area contributed by atoms with E-state index in [1.807, 2.05) is 18.2 Å². The molecule has 1 aliphatic heterocycles. The second kappa shape index (κ2) is 10.5. The Bertz CT molecular complexity index is 834. The molecular weight excluding hydrogens is 366 g/mol. The van der Waals surface area contributed by atoms with E-state index in [1.54, 1.807) is 37.4 Å². The van der Waals surface area contributed by atoms with Crippen molar-refractivity contribution in [1.29, 1.82) is 0 Å². The van der Waals surface area contributed by atoms with Crippen LogP contribution in [0, 0.1) is 0 Å². The van der Waals surface area contributed by atoms with E-state index in [1.165, 1.54) is 11.6 Å². The molecule has 0 spiro atoms. The van der Waals surface area contributed by atoms with Gasteiger partial charge in [0.25, 0.3) is 5.91 Å². The molecule has 2 aromatic rings. The lowest BCUT2D eigenvalue weighted by atomic mass is 10.1. The topological polar surface area (TPSA) is 70.7 Å². The van der Waals surface area contributed by atoms with Gasteiger partial charge in [-0.05, 0) is 29.3 Å². The highest BCUT2D eigenvalue weighted by Crippen LogP contribution is 2.10. The molecule has 152 valence electrons. The SMILES string of the molecule is CNC(=O)c1ccc(/C=C/C(=O)NCC2CN(Cc3ccccc3)CCO2)cc1. The van der Waals surface area contributed by atoms with Crippen molar-refractivity contribution >= 4 is 17.9 Å². The zero-order chi connectivity index (χ0) is 20.5. The van der Waals surface area contributed by atoms with E-state index in [-0.39, 0.29) is 17.9 Å². The molecule has 2 N–H and O–H groups in total. The van der Waals surface area contributed by atoms with Gasteiger partial charge >= 0.3 is 0 Å². The molecule has 6 heteroatoms. The van der Waals surface area contributed by atoms with Gasteiger partial charge in [0.1, 0.15) is 0 Å². The molecule has 1 saturated heterocycles. The average molecular weight is 393 g/mol. The predicted octanol–water partition coefficient (Wildman–Crippen LogP) is 2.08. The minimum Gasteiger partial charge on any atom is -0.374 e. The van der Waals surface area contributed by atoms with Crippen LogP contribution in [0.2, 0.25) is 0 Å². The van der Waals surface area contributed by atoms with Crippen LogP contribution in [-0.2, 0) is 16.1 Å². The van der Waals surface area contributed by atoms with E-state index in [0.717, 1.165) is 25.2 Å². The molecule has 1 atom stereocenters. The normalized spacial score (nSPS) is 17.2. The number of nitrogens with one attached hydrogen (secondary N) is 2. The molecule has 0 aromatic heterocycles. The summed E-state index contributed by atoms with van der Waals surface area (Å²) in [7, 11) is 1.59. The Kier molecular flexibility index (Phi) is 7.55. The third kappa shape index (κ3) is 6.55. The number of rotatable bonds is 7. The molecule has 1 heterocycles. The predicted molar refractivity (Wildman–Crippen MR) is 113 cm³/mol. The van der Waals surface area contributed by atoms with Crippen LogP contribution in [0.3, 0.4) is 0 Å². The number of benzene rings is 2. The van der Waals surface area contributed by atoms with E-state index in [2.05, 4.69) is 27.7 Å². The monoisotopic (exact) mass is 393 g/mol. The first-order valence-corrected chi connectivity index (χ1v) is 9.80. The van der Waals surface area contributed by atoms with Crippen LogP contribution in [0.5, 0.6) is 0 Å². The first kappa shape index (κ1) is 20.8. The van der Waals surface area contributed by atoms with Gasteiger partial charge in [-0.25, -0.2) is 0 Å². The highest BCUT2D eigenvalue weighted by atomic mass is 16.5. The number of carbonyl (C=O) groups is 2. The lowest BCUT2D eigenvalue weighted by molar-refractivity contribution is -0.117. The first-order chi connectivity index (χ1) is 14.1. The largest absolute Gasteiger partial charge is 0.374 e. The van der Waals surface area contributed by atoms with Crippen LogP contribution in [0.1, 0.15) is 21.5 Å². The summed E-state index contributed by atoms with van der Waals surface area (Å²) in [4.78, 5) is 26.0. The lowest BCUT2D eigenvalue weighted by Crippen LogP contribution is -2.46. The fraction of sp³-hybridized carbons (Fsp3) is 0.304. The maximum atomic E-state index is 12.1. The summed E-state index contributed by atoms with van der Waals surface area (Å²) in [6, 6.07) is 17.4. The Balaban J connectivity index is 1.43. The molecule has 0 aliphatic carbocycles. The molecule has 1 fully saturated rings. The van der Waals surface area contributed by atoms with Gasteiger partial charge in [-0.1, -0.05) is 42.5 Å². The molecule has 6 nitrogen and oxygen atoms in total. The molecule has 2 amide bonds. The zero-order valence-corrected chi connectivity index (χ0v) is 16.6. The molecule has 1 aliphatic rings. The van der Waals surface area contributed by atoms with Gasteiger partial charge in [0.2, 0.25) is 5.91 Å². The summed E-state index contributed by atoms with van der Waals surface area (Å²) in [6.07, 6.45) is 3.21. The van der Waals surface area contributed by atoms with Crippen molar-refractivity contribution in [3.63, 3.8) is 0 Å². The number of hydrogen-bond acceptors (Lipinski definition) is 4. The van der Waals surface area contributed by atoms with E-state index < -0.39 is 0 Å². The number of amides is 2. The van der Waals surface area contributed by atoms with Crippen molar-refractivity contribution in [1.82, 2.24) is 15.5 Å². The molecule has 3 rings (SSSR count). The van der Waals surface area contributed by atoms with Gasteiger partial charge in [0, 0.05) is 44.9 Å². The van der Waals surface area contributed by atoms with Crippen LogP contribution >= 0.6 is 0 Å². The van der Waals surface area contributed by atoms with Crippen LogP contribution in [-0.4, -0.2) is 56.1 Å². The van der Waals surface area contributed by atoms with Crippen LogP contribution < -0.4 is 10.6 Å². The van der Waals surface area contributed by atoms with Crippen molar-refractivity contribution in [2.45, 2.75) is 12.6 Å². The number of hydrogen-bond donors (Lipinski definition) is 2. The van der Waals surface area contributed by atoms with Crippen molar-refractivity contribution in [3.05, 3.63) is 77.4 Å². The van der Waals surface area contributed by atoms with E-state index in [4.69, 9.17) is 4.74 Å². The summed E-state index contributed by atoms with van der Waals surface area (Å²) < 4.78 is 5.79. The van der Waals surface area contributed by atoms with Crippen LogP contribution in [0.15, 0.2) is 60.7 Å². The molecule has 0 bridgehead atoms. The van der Waals surface area contributed by atoms with Crippen molar-refractivity contribution in [3.8, 4) is 0 Å². The maximum absolute atomic E-state index is 12.1. The van der Waals surface area contributed by atoms with Crippen molar-refractivity contribution in [2.24, 2.45) is 0 Å². The Morgan fingerprint density at radius 3 is 2.62 bits per heavy atom. The van der Waals surface area contributed by atoms with Crippen LogP contribution in [0.25, 0.3) is 6.08 Å². The molecule has 0 radical (unpaired) electrons. The highest BCUT2D eigenvalue weighted by molar-refractivity contribution is 5.94. The third-order valence-corrected chi connectivity index (χ3v) is 4.80. The Labute approximate surface area is 171 Å². The fourth-order valence-corrected chi connectivity index (χ4v) is 3.22. The van der Waals surface area contributed by atoms with Gasteiger partial charge in [0.05, 0.1) is 12.7 Å². The minimum absolute atomic E-state index is 0.0170. The number of nitrogens with zero attached hydrogens (tertiary/aromatic N) is 1. The number of carbonyl (C=O) groups excluding carboxylic acids is 2. The van der Waals surface area contributed by atoms with E-state index in [0.29, 0.717) is 18.7 Å². The van der Waals surface area contributed by atoms with Crippen molar-refractivity contribution in [2.75, 3.05) is 33.3 Å². The third-order valence-electron chi connectivity index (χ3n) is 4.80. The van der Waals surface area contributed by atoms with Gasteiger partial charge in [-0.2, -0.15) is 0 Å². The Hall–Kier alpha value is -2.96. The fourth-order valence-electron chi connectivity index (χ4n) is 3.22. The molecule has 29 heavy (non-hydrogen) atoms. The summed E-state index contributed by atoms with van der Waals surface area (Å²) in [5.74, 6) is -0.295. The number of morpholine rings is 1. The Morgan fingerprint density at radius 2 is 1.90 bits per heavy atom. The molecule has 1 unspecified atom stereocenters. The van der Waals surface area contributed by atoms with E-state index >= 15 is 0 Å². The highest BCUT2D eigenvalue weighted by Gasteiger charge is 2.20. The maximum Gasteiger partial charge on any atom is 0.251 e. The van der Waals surface area contributed by atoms with Crippen LogP contribution in [0.4, 0.5) is 0 Å².